The normalized spacial score (nSPS) is 24.8. The third kappa shape index (κ3) is 4.22. The van der Waals surface area contributed by atoms with E-state index in [0.717, 1.165) is 17.0 Å². The van der Waals surface area contributed by atoms with Crippen molar-refractivity contribution < 1.29 is 9.13 Å². The lowest BCUT2D eigenvalue weighted by atomic mass is 9.77. The Bertz CT molecular complexity index is 774. The Labute approximate surface area is 166 Å². The Kier molecular flexibility index (Phi) is 5.85. The molecule has 0 aromatic heterocycles. The molecule has 0 spiro atoms. The van der Waals surface area contributed by atoms with Crippen LogP contribution in [-0.2, 0) is 4.74 Å². The van der Waals surface area contributed by atoms with Crippen LogP contribution in [0.25, 0.3) is 11.1 Å². The van der Waals surface area contributed by atoms with Gasteiger partial charge in [0, 0.05) is 11.1 Å². The fourth-order valence-corrected chi connectivity index (χ4v) is 4.76. The average Bonchev–Trinajstić information content (AvgIpc) is 3.54. The van der Waals surface area contributed by atoms with Crippen LogP contribution in [-0.4, -0.2) is 6.61 Å². The van der Waals surface area contributed by atoms with Gasteiger partial charge in [0.1, 0.15) is 11.9 Å². The fraction of sp³-hybridized carbons (Fsp3) is 0.500. The van der Waals surface area contributed by atoms with Crippen molar-refractivity contribution in [2.24, 2.45) is 5.92 Å². The SMILES string of the molecule is CCCCC1CCC(c2ccc(-c3ccc(C4CO4)c(F)c3Cl)cc2)CC1. The molecule has 2 aromatic rings. The average molecular weight is 387 g/mol. The highest BCUT2D eigenvalue weighted by molar-refractivity contribution is 6.33. The summed E-state index contributed by atoms with van der Waals surface area (Å²) in [5.41, 5.74) is 3.71. The molecule has 3 heteroatoms. The van der Waals surface area contributed by atoms with Crippen molar-refractivity contribution in [3.8, 4) is 11.1 Å². The van der Waals surface area contributed by atoms with E-state index in [1.807, 2.05) is 6.07 Å². The molecule has 144 valence electrons. The minimum absolute atomic E-state index is 0.119. The molecule has 0 bridgehead atoms. The quantitative estimate of drug-likeness (QED) is 0.463. The van der Waals surface area contributed by atoms with Crippen LogP contribution in [0.5, 0.6) is 0 Å². The number of epoxide rings is 1. The topological polar surface area (TPSA) is 12.5 Å². The van der Waals surface area contributed by atoms with Crippen LogP contribution in [0.3, 0.4) is 0 Å². The van der Waals surface area contributed by atoms with Crippen LogP contribution in [0.1, 0.15) is 75.0 Å². The Balaban J connectivity index is 1.45. The molecule has 1 nitrogen and oxygen atoms in total. The molecule has 2 aromatic carbocycles. The Morgan fingerprint density at radius 1 is 1.04 bits per heavy atom. The summed E-state index contributed by atoms with van der Waals surface area (Å²) in [7, 11) is 0. The van der Waals surface area contributed by atoms with E-state index in [1.54, 1.807) is 6.07 Å². The van der Waals surface area contributed by atoms with Gasteiger partial charge in [0.25, 0.3) is 0 Å². The number of benzene rings is 2. The molecule has 4 rings (SSSR count). The minimum atomic E-state index is -0.342. The molecule has 0 amide bonds. The molecular weight excluding hydrogens is 359 g/mol. The lowest BCUT2D eigenvalue weighted by Crippen LogP contribution is -2.13. The van der Waals surface area contributed by atoms with Crippen molar-refractivity contribution in [2.75, 3.05) is 6.61 Å². The van der Waals surface area contributed by atoms with Gasteiger partial charge in [-0.2, -0.15) is 0 Å². The van der Waals surface area contributed by atoms with Gasteiger partial charge in [0.2, 0.25) is 0 Å². The summed E-state index contributed by atoms with van der Waals surface area (Å²) in [4.78, 5) is 0. The molecular formula is C24H28ClFO. The standard InChI is InChI=1S/C24H28ClFO/c1-2-3-4-16-5-7-17(8-6-16)18-9-11-19(12-10-18)20-13-14-21(22-15-27-22)24(26)23(20)25/h9-14,16-17,22H,2-8,15H2,1H3. The summed E-state index contributed by atoms with van der Waals surface area (Å²) < 4.78 is 19.7. The van der Waals surface area contributed by atoms with Crippen molar-refractivity contribution in [2.45, 2.75) is 63.9 Å². The first kappa shape index (κ1) is 19.0. The molecule has 27 heavy (non-hydrogen) atoms. The summed E-state index contributed by atoms with van der Waals surface area (Å²) in [6.07, 6.45) is 9.24. The highest BCUT2D eigenvalue weighted by atomic mass is 35.5. The van der Waals surface area contributed by atoms with Gasteiger partial charge in [-0.1, -0.05) is 74.2 Å². The zero-order valence-electron chi connectivity index (χ0n) is 16.0. The van der Waals surface area contributed by atoms with E-state index in [1.165, 1.54) is 50.5 Å². The molecule has 1 aliphatic heterocycles. The molecule has 1 saturated carbocycles. The molecule has 1 heterocycles. The number of hydrogen-bond acceptors (Lipinski definition) is 1. The smallest absolute Gasteiger partial charge is 0.148 e. The van der Waals surface area contributed by atoms with Gasteiger partial charge < -0.3 is 4.74 Å². The molecule has 1 aliphatic carbocycles. The van der Waals surface area contributed by atoms with E-state index in [9.17, 15) is 4.39 Å². The van der Waals surface area contributed by atoms with Crippen molar-refractivity contribution in [3.63, 3.8) is 0 Å². The molecule has 0 radical (unpaired) electrons. The van der Waals surface area contributed by atoms with E-state index in [-0.39, 0.29) is 16.9 Å². The van der Waals surface area contributed by atoms with Gasteiger partial charge in [0.05, 0.1) is 11.6 Å². The zero-order chi connectivity index (χ0) is 18.8. The molecule has 2 fully saturated rings. The molecule has 1 unspecified atom stereocenters. The summed E-state index contributed by atoms with van der Waals surface area (Å²) in [5, 5.41) is 0.201. The molecule has 1 saturated heterocycles. The third-order valence-electron chi connectivity index (χ3n) is 6.30. The Morgan fingerprint density at radius 3 is 2.37 bits per heavy atom. The first-order chi connectivity index (χ1) is 13.2. The second-order valence-corrected chi connectivity index (χ2v) is 8.51. The van der Waals surface area contributed by atoms with Gasteiger partial charge in [-0.25, -0.2) is 4.39 Å². The van der Waals surface area contributed by atoms with Crippen LogP contribution in [0, 0.1) is 11.7 Å². The van der Waals surface area contributed by atoms with E-state index in [0.29, 0.717) is 18.1 Å². The lowest BCUT2D eigenvalue weighted by Gasteiger charge is -2.29. The summed E-state index contributed by atoms with van der Waals surface area (Å²) in [6.45, 7) is 2.86. The lowest BCUT2D eigenvalue weighted by molar-refractivity contribution is 0.304. The number of ether oxygens (including phenoxy) is 1. The van der Waals surface area contributed by atoms with Crippen LogP contribution >= 0.6 is 11.6 Å². The van der Waals surface area contributed by atoms with Gasteiger partial charge in [-0.05, 0) is 48.6 Å². The molecule has 2 aliphatic rings. The maximum atomic E-state index is 14.5. The first-order valence-corrected chi connectivity index (χ1v) is 10.7. The predicted molar refractivity (Wildman–Crippen MR) is 110 cm³/mol. The van der Waals surface area contributed by atoms with Crippen LogP contribution < -0.4 is 0 Å². The van der Waals surface area contributed by atoms with Crippen molar-refractivity contribution in [1.29, 1.82) is 0 Å². The molecule has 1 atom stereocenters. The zero-order valence-corrected chi connectivity index (χ0v) is 16.8. The number of unbranched alkanes of at least 4 members (excludes halogenated alkanes) is 1. The summed E-state index contributed by atoms with van der Waals surface area (Å²) in [5.74, 6) is 1.25. The second kappa shape index (κ2) is 8.32. The second-order valence-electron chi connectivity index (χ2n) is 8.13. The Morgan fingerprint density at radius 2 is 1.74 bits per heavy atom. The van der Waals surface area contributed by atoms with Crippen LogP contribution in [0.4, 0.5) is 4.39 Å². The first-order valence-electron chi connectivity index (χ1n) is 10.4. The van der Waals surface area contributed by atoms with Crippen molar-refractivity contribution >= 4 is 11.6 Å². The fourth-order valence-electron chi connectivity index (χ4n) is 4.48. The van der Waals surface area contributed by atoms with Gasteiger partial charge in [0.15, 0.2) is 0 Å². The van der Waals surface area contributed by atoms with E-state index in [4.69, 9.17) is 16.3 Å². The third-order valence-corrected chi connectivity index (χ3v) is 6.67. The molecule has 0 N–H and O–H groups in total. The maximum Gasteiger partial charge on any atom is 0.148 e. The van der Waals surface area contributed by atoms with Crippen molar-refractivity contribution in [1.82, 2.24) is 0 Å². The van der Waals surface area contributed by atoms with E-state index >= 15 is 0 Å². The van der Waals surface area contributed by atoms with Gasteiger partial charge in [-0.3, -0.25) is 0 Å². The summed E-state index contributed by atoms with van der Waals surface area (Å²) in [6, 6.07) is 12.3. The Hall–Kier alpha value is -1.38. The van der Waals surface area contributed by atoms with Crippen molar-refractivity contribution in [3.05, 3.63) is 58.4 Å². The largest absolute Gasteiger partial charge is 0.368 e. The summed E-state index contributed by atoms with van der Waals surface area (Å²) >= 11 is 6.32. The highest BCUT2D eigenvalue weighted by Crippen LogP contribution is 2.40. The maximum absolute atomic E-state index is 14.5. The highest BCUT2D eigenvalue weighted by Gasteiger charge is 2.29. The van der Waals surface area contributed by atoms with Gasteiger partial charge >= 0.3 is 0 Å². The number of halogens is 2. The van der Waals surface area contributed by atoms with Crippen LogP contribution in [0.15, 0.2) is 36.4 Å². The van der Waals surface area contributed by atoms with Gasteiger partial charge in [-0.15, -0.1) is 0 Å². The van der Waals surface area contributed by atoms with Crippen LogP contribution in [0.2, 0.25) is 5.02 Å². The number of hydrogen-bond donors (Lipinski definition) is 0. The van der Waals surface area contributed by atoms with E-state index in [2.05, 4.69) is 31.2 Å². The number of rotatable bonds is 6. The van der Waals surface area contributed by atoms with E-state index < -0.39 is 0 Å². The minimum Gasteiger partial charge on any atom is -0.368 e. The monoisotopic (exact) mass is 386 g/mol. The predicted octanol–water partition coefficient (Wildman–Crippen LogP) is 7.68.